The molecule has 0 N–H and O–H groups in total. The number of allylic oxidation sites excluding steroid dienone is 3. The largest absolute Gasteiger partial charge is 0.295 e. The van der Waals surface area contributed by atoms with Gasteiger partial charge in [0.15, 0.2) is 11.6 Å². The van der Waals surface area contributed by atoms with Gasteiger partial charge in [0.2, 0.25) is 0 Å². The van der Waals surface area contributed by atoms with Crippen molar-refractivity contribution in [1.82, 2.24) is 0 Å². The Morgan fingerprint density at radius 3 is 2.57 bits per heavy atom. The highest BCUT2D eigenvalue weighted by Crippen LogP contribution is 2.65. The summed E-state index contributed by atoms with van der Waals surface area (Å²) in [6, 6.07) is 0. The average molecular weight is 312 g/mol. The van der Waals surface area contributed by atoms with E-state index in [9.17, 15) is 9.59 Å². The van der Waals surface area contributed by atoms with E-state index in [4.69, 9.17) is 0 Å². The summed E-state index contributed by atoms with van der Waals surface area (Å²) in [6.07, 6.45) is 11.1. The minimum absolute atomic E-state index is 0.106. The molecule has 4 aliphatic rings. The smallest absolute Gasteiger partial charge is 0.159 e. The molecule has 0 aromatic heterocycles. The predicted octanol–water partition coefficient (Wildman–Crippen LogP) is 4.64. The number of hydrogen-bond acceptors (Lipinski definition) is 2. The van der Waals surface area contributed by atoms with Gasteiger partial charge in [0.1, 0.15) is 0 Å². The van der Waals surface area contributed by atoms with Gasteiger partial charge in [-0.05, 0) is 79.3 Å². The third-order valence-electron chi connectivity index (χ3n) is 7.96. The summed E-state index contributed by atoms with van der Waals surface area (Å²) >= 11 is 0. The molecule has 0 unspecified atom stereocenters. The molecule has 0 bridgehead atoms. The third kappa shape index (κ3) is 1.93. The van der Waals surface area contributed by atoms with Crippen molar-refractivity contribution in [1.29, 1.82) is 0 Å². The van der Waals surface area contributed by atoms with E-state index in [1.807, 2.05) is 13.0 Å². The van der Waals surface area contributed by atoms with Crippen molar-refractivity contribution in [2.75, 3.05) is 0 Å². The fraction of sp³-hybridized carbons (Fsp3) is 0.714. The van der Waals surface area contributed by atoms with E-state index in [2.05, 4.69) is 19.9 Å². The molecule has 0 aliphatic heterocycles. The predicted molar refractivity (Wildman–Crippen MR) is 90.9 cm³/mol. The fourth-order valence-electron chi connectivity index (χ4n) is 6.71. The molecule has 0 aromatic carbocycles. The normalized spacial score (nSPS) is 47.9. The van der Waals surface area contributed by atoms with Gasteiger partial charge in [-0.2, -0.15) is 0 Å². The van der Waals surface area contributed by atoms with Crippen molar-refractivity contribution in [3.63, 3.8) is 0 Å². The average Bonchev–Trinajstić information content (AvgIpc) is 2.77. The number of rotatable bonds is 0. The standard InChI is InChI=1S/C21H28O2/c1-4-16-19(23)12-18-15-6-5-13-11-14(22)7-9-20(13,2)17(15)8-10-21(16,18)3/h4,11,15,17-18H,5-10,12H2,1-3H3/b16-4+/t15-,17+,18+,20-,21+/m0/s1. The highest BCUT2D eigenvalue weighted by molar-refractivity contribution is 5.99. The molecule has 0 aromatic rings. The van der Waals surface area contributed by atoms with Crippen molar-refractivity contribution < 1.29 is 9.59 Å². The Hall–Kier alpha value is -1.18. The van der Waals surface area contributed by atoms with Gasteiger partial charge in [-0.3, -0.25) is 9.59 Å². The van der Waals surface area contributed by atoms with E-state index < -0.39 is 0 Å². The Bertz CT molecular complexity index is 640. The van der Waals surface area contributed by atoms with Crippen molar-refractivity contribution in [2.45, 2.75) is 65.7 Å². The van der Waals surface area contributed by atoms with E-state index in [1.54, 1.807) is 0 Å². The molecular formula is C21H28O2. The van der Waals surface area contributed by atoms with Crippen molar-refractivity contribution >= 4 is 11.6 Å². The molecule has 0 saturated heterocycles. The lowest BCUT2D eigenvalue weighted by Crippen LogP contribution is -2.49. The van der Waals surface area contributed by atoms with Gasteiger partial charge >= 0.3 is 0 Å². The van der Waals surface area contributed by atoms with Gasteiger partial charge in [-0.25, -0.2) is 0 Å². The highest BCUT2D eigenvalue weighted by Gasteiger charge is 2.59. The van der Waals surface area contributed by atoms with Gasteiger partial charge in [-0.1, -0.05) is 25.5 Å². The molecule has 0 radical (unpaired) electrons. The quantitative estimate of drug-likeness (QED) is 0.610. The Morgan fingerprint density at radius 1 is 1.04 bits per heavy atom. The first-order valence-corrected chi connectivity index (χ1v) is 9.34. The van der Waals surface area contributed by atoms with E-state index >= 15 is 0 Å². The highest BCUT2D eigenvalue weighted by atomic mass is 16.1. The van der Waals surface area contributed by atoms with Crippen LogP contribution in [0.25, 0.3) is 0 Å². The molecule has 0 spiro atoms. The maximum absolute atomic E-state index is 12.5. The molecule has 3 saturated carbocycles. The van der Waals surface area contributed by atoms with Crippen LogP contribution < -0.4 is 0 Å². The zero-order valence-corrected chi connectivity index (χ0v) is 14.7. The molecule has 2 nitrogen and oxygen atoms in total. The summed E-state index contributed by atoms with van der Waals surface area (Å²) in [5.74, 6) is 2.56. The van der Waals surface area contributed by atoms with Crippen LogP contribution in [0.2, 0.25) is 0 Å². The van der Waals surface area contributed by atoms with Crippen LogP contribution in [0.15, 0.2) is 23.3 Å². The van der Waals surface area contributed by atoms with Gasteiger partial charge in [0, 0.05) is 12.8 Å². The summed E-state index contributed by atoms with van der Waals surface area (Å²) in [5.41, 5.74) is 2.83. The molecule has 23 heavy (non-hydrogen) atoms. The zero-order chi connectivity index (χ0) is 16.4. The van der Waals surface area contributed by atoms with Crippen LogP contribution in [0.1, 0.15) is 65.7 Å². The maximum atomic E-state index is 12.5. The van der Waals surface area contributed by atoms with Gasteiger partial charge in [0.25, 0.3) is 0 Å². The van der Waals surface area contributed by atoms with Crippen LogP contribution >= 0.6 is 0 Å². The van der Waals surface area contributed by atoms with Crippen LogP contribution in [-0.2, 0) is 9.59 Å². The third-order valence-corrected chi connectivity index (χ3v) is 7.96. The van der Waals surface area contributed by atoms with Crippen molar-refractivity contribution in [3.8, 4) is 0 Å². The van der Waals surface area contributed by atoms with Crippen molar-refractivity contribution in [2.24, 2.45) is 28.6 Å². The lowest BCUT2D eigenvalue weighted by molar-refractivity contribution is -0.117. The lowest BCUT2D eigenvalue weighted by atomic mass is 9.47. The maximum Gasteiger partial charge on any atom is 0.159 e. The SMILES string of the molecule is C/C=C1\C(=O)C[C@@H]2[C@H]3CCC4=CC(=O)CC[C@]4(C)[C@@H]3CC[C@]12C. The Morgan fingerprint density at radius 2 is 1.83 bits per heavy atom. The van der Waals surface area contributed by atoms with Crippen LogP contribution in [0.4, 0.5) is 0 Å². The second-order valence-electron chi connectivity index (χ2n) is 8.75. The van der Waals surface area contributed by atoms with Gasteiger partial charge in [0.05, 0.1) is 0 Å². The molecule has 3 fully saturated rings. The first-order chi connectivity index (χ1) is 10.9. The number of carbonyl (C=O) groups excluding carboxylic acids is 2. The molecule has 0 heterocycles. The summed E-state index contributed by atoms with van der Waals surface area (Å²) < 4.78 is 0. The van der Waals surface area contributed by atoms with Crippen LogP contribution in [0.5, 0.6) is 0 Å². The zero-order valence-electron chi connectivity index (χ0n) is 14.7. The number of ketones is 2. The second-order valence-corrected chi connectivity index (χ2v) is 8.75. The molecule has 4 aliphatic carbocycles. The molecule has 2 heteroatoms. The van der Waals surface area contributed by atoms with E-state index in [0.717, 1.165) is 31.3 Å². The molecule has 0 amide bonds. The minimum Gasteiger partial charge on any atom is -0.295 e. The summed E-state index contributed by atoms with van der Waals surface area (Å²) in [5, 5.41) is 0. The summed E-state index contributed by atoms with van der Waals surface area (Å²) in [6.45, 7) is 6.77. The summed E-state index contributed by atoms with van der Waals surface area (Å²) in [7, 11) is 0. The molecular weight excluding hydrogens is 284 g/mol. The lowest BCUT2D eigenvalue weighted by Gasteiger charge is -2.57. The van der Waals surface area contributed by atoms with Gasteiger partial charge < -0.3 is 0 Å². The summed E-state index contributed by atoms with van der Waals surface area (Å²) in [4.78, 5) is 24.4. The molecule has 124 valence electrons. The van der Waals surface area contributed by atoms with E-state index in [0.29, 0.717) is 35.7 Å². The molecule has 4 rings (SSSR count). The van der Waals surface area contributed by atoms with Crippen LogP contribution in [0.3, 0.4) is 0 Å². The second kappa shape index (κ2) is 4.91. The Balaban J connectivity index is 1.72. The number of fused-ring (bicyclic) bond motifs is 5. The van der Waals surface area contributed by atoms with Crippen LogP contribution in [0, 0.1) is 28.6 Å². The van der Waals surface area contributed by atoms with Crippen LogP contribution in [-0.4, -0.2) is 11.6 Å². The number of hydrogen-bond donors (Lipinski definition) is 0. The fourth-order valence-corrected chi connectivity index (χ4v) is 6.71. The van der Waals surface area contributed by atoms with Gasteiger partial charge in [-0.15, -0.1) is 0 Å². The first-order valence-electron chi connectivity index (χ1n) is 9.34. The number of carbonyl (C=O) groups is 2. The first kappa shape index (κ1) is 15.4. The number of Topliss-reactive ketones (excluding diaryl/α,β-unsaturated/α-hetero) is 1. The van der Waals surface area contributed by atoms with E-state index in [-0.39, 0.29) is 10.8 Å². The van der Waals surface area contributed by atoms with E-state index in [1.165, 1.54) is 18.4 Å². The topological polar surface area (TPSA) is 34.1 Å². The molecule has 5 atom stereocenters. The van der Waals surface area contributed by atoms with Crippen molar-refractivity contribution in [3.05, 3.63) is 23.3 Å². The Labute approximate surface area is 139 Å². The minimum atomic E-state index is 0.106. The monoisotopic (exact) mass is 312 g/mol. The Kier molecular flexibility index (Phi) is 3.28.